The molecule has 1 aliphatic rings. The molecule has 3 rings (SSSR count). The number of benzene rings is 1. The molecule has 0 saturated carbocycles. The summed E-state index contributed by atoms with van der Waals surface area (Å²) in [5.74, 6) is 2.42. The molecule has 1 aliphatic heterocycles. The van der Waals surface area contributed by atoms with Crippen molar-refractivity contribution in [1.29, 1.82) is 0 Å². The number of rotatable bonds is 6. The van der Waals surface area contributed by atoms with Crippen molar-refractivity contribution in [3.63, 3.8) is 0 Å². The molecule has 2 aromatic rings. The van der Waals surface area contributed by atoms with Gasteiger partial charge in [0.25, 0.3) is 0 Å². The van der Waals surface area contributed by atoms with Crippen molar-refractivity contribution >= 4 is 0 Å². The van der Waals surface area contributed by atoms with Crippen molar-refractivity contribution in [1.82, 2.24) is 15.5 Å². The quantitative estimate of drug-likeness (QED) is 0.885. The molecule has 1 aromatic heterocycles. The van der Waals surface area contributed by atoms with Crippen molar-refractivity contribution < 1.29 is 9.26 Å². The molecule has 5 nitrogen and oxygen atoms in total. The number of nitrogens with one attached hydrogen (secondary N) is 1. The Kier molecular flexibility index (Phi) is 4.20. The highest BCUT2D eigenvalue weighted by Crippen LogP contribution is 2.29. The van der Waals surface area contributed by atoms with E-state index >= 15 is 0 Å². The van der Waals surface area contributed by atoms with Gasteiger partial charge in [-0.2, -0.15) is 4.98 Å². The number of hydrogen-bond donors (Lipinski definition) is 1. The topological polar surface area (TPSA) is 60.2 Å². The van der Waals surface area contributed by atoms with Crippen LogP contribution in [-0.2, 0) is 12.8 Å². The summed E-state index contributed by atoms with van der Waals surface area (Å²) in [6.45, 7) is 5.65. The SMILES string of the molecule is CCC(NCCc1noc(C)n1)c1ccc2c(c1)CCO2. The van der Waals surface area contributed by atoms with E-state index in [1.807, 2.05) is 6.92 Å². The summed E-state index contributed by atoms with van der Waals surface area (Å²) in [5.41, 5.74) is 2.65. The van der Waals surface area contributed by atoms with Crippen molar-refractivity contribution in [2.24, 2.45) is 0 Å². The lowest BCUT2D eigenvalue weighted by molar-refractivity contribution is 0.356. The Labute approximate surface area is 124 Å². The zero-order chi connectivity index (χ0) is 14.7. The van der Waals surface area contributed by atoms with E-state index in [1.54, 1.807) is 0 Å². The highest BCUT2D eigenvalue weighted by Gasteiger charge is 2.16. The number of nitrogens with zero attached hydrogens (tertiary/aromatic N) is 2. The van der Waals surface area contributed by atoms with Gasteiger partial charge in [-0.3, -0.25) is 0 Å². The summed E-state index contributed by atoms with van der Waals surface area (Å²) in [5, 5.41) is 7.49. The van der Waals surface area contributed by atoms with Gasteiger partial charge >= 0.3 is 0 Å². The number of ether oxygens (including phenoxy) is 1. The van der Waals surface area contributed by atoms with E-state index in [0.717, 1.165) is 44.0 Å². The second-order valence-corrected chi connectivity index (χ2v) is 5.36. The number of aryl methyl sites for hydroxylation is 1. The summed E-state index contributed by atoms with van der Waals surface area (Å²) in [7, 11) is 0. The van der Waals surface area contributed by atoms with Crippen LogP contribution in [0.2, 0.25) is 0 Å². The Morgan fingerprint density at radius 3 is 3.05 bits per heavy atom. The fourth-order valence-corrected chi connectivity index (χ4v) is 2.72. The molecule has 1 unspecified atom stereocenters. The molecule has 1 atom stereocenters. The van der Waals surface area contributed by atoms with Gasteiger partial charge in [-0.25, -0.2) is 0 Å². The molecule has 1 aromatic carbocycles. The highest BCUT2D eigenvalue weighted by atomic mass is 16.5. The Morgan fingerprint density at radius 2 is 2.29 bits per heavy atom. The van der Waals surface area contributed by atoms with Gasteiger partial charge < -0.3 is 14.6 Å². The van der Waals surface area contributed by atoms with E-state index in [0.29, 0.717) is 11.9 Å². The Morgan fingerprint density at radius 1 is 1.38 bits per heavy atom. The molecule has 1 N–H and O–H groups in total. The van der Waals surface area contributed by atoms with Crippen LogP contribution in [0.4, 0.5) is 0 Å². The van der Waals surface area contributed by atoms with Crippen LogP contribution in [0.3, 0.4) is 0 Å². The monoisotopic (exact) mass is 287 g/mol. The molecule has 0 aliphatic carbocycles. The number of fused-ring (bicyclic) bond motifs is 1. The van der Waals surface area contributed by atoms with Crippen LogP contribution in [0, 0.1) is 6.92 Å². The molecule has 0 spiro atoms. The van der Waals surface area contributed by atoms with Gasteiger partial charge in [-0.15, -0.1) is 0 Å². The molecule has 2 heterocycles. The van der Waals surface area contributed by atoms with Crippen molar-refractivity contribution in [2.75, 3.05) is 13.2 Å². The third kappa shape index (κ3) is 3.24. The first-order valence-electron chi connectivity index (χ1n) is 7.54. The minimum atomic E-state index is 0.351. The maximum atomic E-state index is 5.56. The van der Waals surface area contributed by atoms with Gasteiger partial charge in [0.05, 0.1) is 6.61 Å². The largest absolute Gasteiger partial charge is 0.493 e. The molecule has 0 saturated heterocycles. The van der Waals surface area contributed by atoms with Crippen molar-refractivity contribution in [3.8, 4) is 5.75 Å². The second kappa shape index (κ2) is 6.26. The zero-order valence-corrected chi connectivity index (χ0v) is 12.6. The van der Waals surface area contributed by atoms with E-state index in [4.69, 9.17) is 9.26 Å². The first-order chi connectivity index (χ1) is 10.3. The molecular formula is C16H21N3O2. The molecule has 21 heavy (non-hydrogen) atoms. The summed E-state index contributed by atoms with van der Waals surface area (Å²) in [6.07, 6.45) is 2.84. The zero-order valence-electron chi connectivity index (χ0n) is 12.6. The van der Waals surface area contributed by atoms with E-state index in [2.05, 4.69) is 40.6 Å². The smallest absolute Gasteiger partial charge is 0.223 e. The third-order valence-electron chi connectivity index (χ3n) is 3.83. The van der Waals surface area contributed by atoms with Gasteiger partial charge in [-0.1, -0.05) is 24.2 Å². The van der Waals surface area contributed by atoms with Crippen molar-refractivity contribution in [2.45, 2.75) is 39.2 Å². The summed E-state index contributed by atoms with van der Waals surface area (Å²) < 4.78 is 10.5. The van der Waals surface area contributed by atoms with Gasteiger partial charge in [0, 0.05) is 32.4 Å². The lowest BCUT2D eigenvalue weighted by atomic mass is 10.0. The number of aromatic nitrogens is 2. The average molecular weight is 287 g/mol. The van der Waals surface area contributed by atoms with E-state index in [1.165, 1.54) is 11.1 Å². The van der Waals surface area contributed by atoms with E-state index in [-0.39, 0.29) is 0 Å². The summed E-state index contributed by atoms with van der Waals surface area (Å²) in [6, 6.07) is 6.86. The maximum Gasteiger partial charge on any atom is 0.223 e. The Balaban J connectivity index is 1.59. The predicted octanol–water partition coefficient (Wildman–Crippen LogP) is 2.60. The molecule has 0 fully saturated rings. The first kappa shape index (κ1) is 14.1. The molecule has 5 heteroatoms. The Hall–Kier alpha value is -1.88. The second-order valence-electron chi connectivity index (χ2n) is 5.36. The normalized spacial score (nSPS) is 14.8. The molecular weight excluding hydrogens is 266 g/mol. The van der Waals surface area contributed by atoms with Gasteiger partial charge in [-0.05, 0) is 23.6 Å². The summed E-state index contributed by atoms with van der Waals surface area (Å²) >= 11 is 0. The van der Waals surface area contributed by atoms with E-state index in [9.17, 15) is 0 Å². The highest BCUT2D eigenvalue weighted by molar-refractivity contribution is 5.40. The third-order valence-corrected chi connectivity index (χ3v) is 3.83. The van der Waals surface area contributed by atoms with Gasteiger partial charge in [0.15, 0.2) is 5.82 Å². The van der Waals surface area contributed by atoms with Gasteiger partial charge in [0.1, 0.15) is 5.75 Å². The molecule has 0 bridgehead atoms. The fourth-order valence-electron chi connectivity index (χ4n) is 2.72. The van der Waals surface area contributed by atoms with Crippen LogP contribution >= 0.6 is 0 Å². The Bertz CT molecular complexity index is 609. The minimum Gasteiger partial charge on any atom is -0.493 e. The lowest BCUT2D eigenvalue weighted by Gasteiger charge is -2.17. The molecule has 0 amide bonds. The van der Waals surface area contributed by atoms with Crippen LogP contribution in [0.5, 0.6) is 5.75 Å². The van der Waals surface area contributed by atoms with E-state index < -0.39 is 0 Å². The average Bonchev–Trinajstić information content (AvgIpc) is 3.11. The predicted molar refractivity (Wildman–Crippen MR) is 79.4 cm³/mol. The number of hydrogen-bond acceptors (Lipinski definition) is 5. The fraction of sp³-hybridized carbons (Fsp3) is 0.500. The van der Waals surface area contributed by atoms with Gasteiger partial charge in [0.2, 0.25) is 5.89 Å². The van der Waals surface area contributed by atoms with Crippen LogP contribution in [0.15, 0.2) is 22.7 Å². The lowest BCUT2D eigenvalue weighted by Crippen LogP contribution is -2.23. The van der Waals surface area contributed by atoms with Crippen LogP contribution in [-0.4, -0.2) is 23.3 Å². The van der Waals surface area contributed by atoms with Crippen molar-refractivity contribution in [3.05, 3.63) is 41.0 Å². The first-order valence-corrected chi connectivity index (χ1v) is 7.54. The van der Waals surface area contributed by atoms with Crippen LogP contribution < -0.4 is 10.1 Å². The maximum absolute atomic E-state index is 5.56. The minimum absolute atomic E-state index is 0.351. The summed E-state index contributed by atoms with van der Waals surface area (Å²) in [4.78, 5) is 4.22. The molecule has 0 radical (unpaired) electrons. The van der Waals surface area contributed by atoms with Crippen LogP contribution in [0.25, 0.3) is 0 Å². The van der Waals surface area contributed by atoms with Crippen LogP contribution in [0.1, 0.15) is 42.2 Å². The standard InChI is InChI=1S/C16H21N3O2/c1-3-14(17-8-6-16-18-11(2)21-19-16)12-4-5-15-13(10-12)7-9-20-15/h4-5,10,14,17H,3,6-9H2,1-2H3. The molecule has 112 valence electrons.